The summed E-state index contributed by atoms with van der Waals surface area (Å²) in [6.07, 6.45) is 7.51. The van der Waals surface area contributed by atoms with Gasteiger partial charge in [0, 0.05) is 32.7 Å². The van der Waals surface area contributed by atoms with E-state index in [4.69, 9.17) is 0 Å². The molecule has 0 amide bonds. The van der Waals surface area contributed by atoms with Gasteiger partial charge in [-0.2, -0.15) is 11.8 Å². The van der Waals surface area contributed by atoms with Gasteiger partial charge < -0.3 is 5.32 Å². The van der Waals surface area contributed by atoms with Crippen LogP contribution in [-0.2, 0) is 0 Å². The van der Waals surface area contributed by atoms with Crippen LogP contribution in [0.5, 0.6) is 0 Å². The quantitative estimate of drug-likeness (QED) is 0.733. The molecule has 0 saturated carbocycles. The Balaban J connectivity index is 1.57. The second-order valence-electron chi connectivity index (χ2n) is 4.49. The molecule has 15 heavy (non-hydrogen) atoms. The van der Waals surface area contributed by atoms with E-state index >= 15 is 0 Å². The van der Waals surface area contributed by atoms with Crippen molar-refractivity contribution in [1.29, 1.82) is 0 Å². The minimum Gasteiger partial charge on any atom is -0.314 e. The number of thioether (sulfide) groups is 1. The van der Waals surface area contributed by atoms with Crippen LogP contribution in [0.3, 0.4) is 0 Å². The zero-order chi connectivity index (χ0) is 10.3. The van der Waals surface area contributed by atoms with E-state index in [0.717, 1.165) is 25.6 Å². The molecule has 2 rings (SSSR count). The molecule has 2 saturated heterocycles. The maximum atomic E-state index is 3.38. The van der Waals surface area contributed by atoms with Crippen molar-refractivity contribution < 1.29 is 0 Å². The number of nitrogens with one attached hydrogen (secondary N) is 1. The highest BCUT2D eigenvalue weighted by molar-refractivity contribution is 7.99. The lowest BCUT2D eigenvalue weighted by Gasteiger charge is -2.25. The average Bonchev–Trinajstić information content (AvgIpc) is 2.79. The normalized spacial score (nSPS) is 28.9. The summed E-state index contributed by atoms with van der Waals surface area (Å²) in [5, 5.41) is 3.38. The van der Waals surface area contributed by atoms with Gasteiger partial charge in [-0.15, -0.1) is 0 Å². The lowest BCUT2D eigenvalue weighted by molar-refractivity contribution is 0.264. The highest BCUT2D eigenvalue weighted by atomic mass is 32.2. The van der Waals surface area contributed by atoms with Crippen LogP contribution in [0.2, 0.25) is 0 Å². The van der Waals surface area contributed by atoms with E-state index < -0.39 is 0 Å². The smallest absolute Gasteiger partial charge is 0.0164 e. The SMILES string of the molecule is C(=C/CN1CCNCC1)/CC1CCSC1. The second kappa shape index (κ2) is 6.56. The van der Waals surface area contributed by atoms with Crippen molar-refractivity contribution in [1.82, 2.24) is 10.2 Å². The lowest BCUT2D eigenvalue weighted by atomic mass is 10.1. The van der Waals surface area contributed by atoms with Crippen molar-refractivity contribution >= 4 is 11.8 Å². The van der Waals surface area contributed by atoms with Crippen LogP contribution in [0.4, 0.5) is 0 Å². The number of piperazine rings is 1. The largest absolute Gasteiger partial charge is 0.314 e. The first-order valence-corrected chi connectivity index (χ1v) is 7.26. The Labute approximate surface area is 97.5 Å². The molecule has 0 bridgehead atoms. The van der Waals surface area contributed by atoms with Gasteiger partial charge in [-0.1, -0.05) is 12.2 Å². The van der Waals surface area contributed by atoms with Gasteiger partial charge in [0.1, 0.15) is 0 Å². The van der Waals surface area contributed by atoms with Crippen molar-refractivity contribution in [3.8, 4) is 0 Å². The van der Waals surface area contributed by atoms with Gasteiger partial charge in [-0.05, 0) is 30.3 Å². The Kier molecular flexibility index (Phi) is 5.03. The van der Waals surface area contributed by atoms with Crippen molar-refractivity contribution in [2.24, 2.45) is 5.92 Å². The Bertz CT molecular complexity index is 194. The number of nitrogens with zero attached hydrogens (tertiary/aromatic N) is 1. The van der Waals surface area contributed by atoms with Gasteiger partial charge >= 0.3 is 0 Å². The number of hydrogen-bond donors (Lipinski definition) is 1. The first-order valence-electron chi connectivity index (χ1n) is 6.11. The van der Waals surface area contributed by atoms with Crippen molar-refractivity contribution in [3.05, 3.63) is 12.2 Å². The molecule has 0 aromatic heterocycles. The lowest BCUT2D eigenvalue weighted by Crippen LogP contribution is -2.43. The molecule has 1 N–H and O–H groups in total. The van der Waals surface area contributed by atoms with Crippen LogP contribution < -0.4 is 5.32 Å². The fourth-order valence-electron chi connectivity index (χ4n) is 2.18. The number of allylic oxidation sites excluding steroid dienone is 1. The fraction of sp³-hybridized carbons (Fsp3) is 0.833. The summed E-state index contributed by atoms with van der Waals surface area (Å²) in [6.45, 7) is 5.90. The zero-order valence-electron chi connectivity index (χ0n) is 9.45. The first kappa shape index (κ1) is 11.5. The summed E-state index contributed by atoms with van der Waals surface area (Å²) < 4.78 is 0. The summed E-state index contributed by atoms with van der Waals surface area (Å²) in [5.41, 5.74) is 0. The highest BCUT2D eigenvalue weighted by Gasteiger charge is 2.13. The predicted octanol–water partition coefficient (Wildman–Crippen LogP) is 1.59. The Hall–Kier alpha value is 0.0100. The van der Waals surface area contributed by atoms with Gasteiger partial charge in [0.2, 0.25) is 0 Å². The zero-order valence-corrected chi connectivity index (χ0v) is 10.3. The van der Waals surface area contributed by atoms with E-state index in [1.54, 1.807) is 0 Å². The fourth-order valence-corrected chi connectivity index (χ4v) is 3.48. The van der Waals surface area contributed by atoms with E-state index in [0.29, 0.717) is 0 Å². The van der Waals surface area contributed by atoms with Gasteiger partial charge in [-0.3, -0.25) is 4.90 Å². The minimum atomic E-state index is 0.967. The van der Waals surface area contributed by atoms with Crippen LogP contribution in [0, 0.1) is 5.92 Å². The summed E-state index contributed by atoms with van der Waals surface area (Å²) >= 11 is 2.12. The van der Waals surface area contributed by atoms with Crippen molar-refractivity contribution in [3.63, 3.8) is 0 Å². The average molecular weight is 226 g/mol. The van der Waals surface area contributed by atoms with Crippen LogP contribution in [-0.4, -0.2) is 49.1 Å². The number of hydrogen-bond acceptors (Lipinski definition) is 3. The van der Waals surface area contributed by atoms with Crippen molar-refractivity contribution in [2.45, 2.75) is 12.8 Å². The topological polar surface area (TPSA) is 15.3 Å². The molecule has 0 radical (unpaired) electrons. The minimum absolute atomic E-state index is 0.967. The molecule has 1 unspecified atom stereocenters. The Morgan fingerprint density at radius 1 is 1.27 bits per heavy atom. The standard InChI is InChI=1S/C12H22N2S/c1(3-12-4-10-15-11-12)2-7-14-8-5-13-6-9-14/h1-2,12-13H,3-11H2/b2-1-. The molecule has 0 aliphatic carbocycles. The molecule has 0 aromatic carbocycles. The molecule has 2 heterocycles. The van der Waals surface area contributed by atoms with E-state index in [9.17, 15) is 0 Å². The third-order valence-electron chi connectivity index (χ3n) is 3.23. The van der Waals surface area contributed by atoms with Crippen LogP contribution in [0.25, 0.3) is 0 Å². The van der Waals surface area contributed by atoms with E-state index in [1.807, 2.05) is 0 Å². The summed E-state index contributed by atoms with van der Waals surface area (Å²) in [6, 6.07) is 0. The van der Waals surface area contributed by atoms with Crippen molar-refractivity contribution in [2.75, 3.05) is 44.2 Å². The highest BCUT2D eigenvalue weighted by Crippen LogP contribution is 2.26. The van der Waals surface area contributed by atoms with E-state index in [-0.39, 0.29) is 0 Å². The third-order valence-corrected chi connectivity index (χ3v) is 4.46. The van der Waals surface area contributed by atoms with Gasteiger partial charge in [0.05, 0.1) is 0 Å². The second-order valence-corrected chi connectivity index (χ2v) is 5.64. The van der Waals surface area contributed by atoms with Gasteiger partial charge in [0.25, 0.3) is 0 Å². The molecular weight excluding hydrogens is 204 g/mol. The summed E-state index contributed by atoms with van der Waals surface area (Å²) in [5.74, 6) is 3.74. The summed E-state index contributed by atoms with van der Waals surface area (Å²) in [7, 11) is 0. The van der Waals surface area contributed by atoms with Crippen LogP contribution in [0.1, 0.15) is 12.8 Å². The Morgan fingerprint density at radius 2 is 2.13 bits per heavy atom. The molecule has 2 fully saturated rings. The van der Waals surface area contributed by atoms with Crippen LogP contribution >= 0.6 is 11.8 Å². The number of rotatable bonds is 4. The van der Waals surface area contributed by atoms with E-state index in [1.165, 1.54) is 37.4 Å². The molecule has 2 aliphatic rings. The molecule has 0 aromatic rings. The molecule has 2 aliphatic heterocycles. The Morgan fingerprint density at radius 3 is 2.87 bits per heavy atom. The molecule has 3 heteroatoms. The molecule has 0 spiro atoms. The first-order chi connectivity index (χ1) is 7.45. The third kappa shape index (κ3) is 4.17. The molecule has 1 atom stereocenters. The monoisotopic (exact) mass is 226 g/mol. The predicted molar refractivity (Wildman–Crippen MR) is 68.5 cm³/mol. The molecule has 2 nitrogen and oxygen atoms in total. The molecular formula is C12H22N2S. The van der Waals surface area contributed by atoms with Crippen LogP contribution in [0.15, 0.2) is 12.2 Å². The van der Waals surface area contributed by atoms with E-state index in [2.05, 4.69) is 34.1 Å². The molecule has 86 valence electrons. The summed E-state index contributed by atoms with van der Waals surface area (Å²) in [4.78, 5) is 2.52. The van der Waals surface area contributed by atoms with Gasteiger partial charge in [0.15, 0.2) is 0 Å². The maximum Gasteiger partial charge on any atom is 0.0164 e. The van der Waals surface area contributed by atoms with Gasteiger partial charge in [-0.25, -0.2) is 0 Å². The maximum absolute atomic E-state index is 3.38.